The highest BCUT2D eigenvalue weighted by atomic mass is 32.1. The minimum absolute atomic E-state index is 0.00317. The van der Waals surface area contributed by atoms with Crippen LogP contribution in [0, 0.1) is 0 Å². The number of hydrogen-bond donors (Lipinski definition) is 0. The van der Waals surface area contributed by atoms with E-state index in [1.807, 2.05) is 22.7 Å². The zero-order chi connectivity index (χ0) is 49.7. The molecule has 0 spiro atoms. The normalized spacial score (nSPS) is 14.3. The van der Waals surface area contributed by atoms with E-state index in [1.54, 1.807) is 0 Å². The van der Waals surface area contributed by atoms with E-state index in [9.17, 15) is 0 Å². The van der Waals surface area contributed by atoms with Gasteiger partial charge in [-0.1, -0.05) is 156 Å². The molecular weight excluding hydrogens is 910 g/mol. The van der Waals surface area contributed by atoms with Crippen LogP contribution in [0.15, 0.2) is 146 Å². The van der Waals surface area contributed by atoms with Crippen LogP contribution in [0.3, 0.4) is 0 Å². The molecule has 11 aromatic rings. The second-order valence-electron chi connectivity index (χ2n) is 25.1. The SMILES string of the molecule is CC(C)(C)c1cc2c3c(c1)N1c4c(cc(C(C)(C)C)cc4-n4c5ccc(C(C)(C)C)cc5c5cc(C(C)(C)C)cc1c54)B3c1sc3ccc(-c4ccccc4)cc3c1N2c1cccc2sc3ccccc3c12. The predicted octanol–water partition coefficient (Wildman–Crippen LogP) is 17.6. The van der Waals surface area contributed by atoms with Crippen molar-refractivity contribution in [2.24, 2.45) is 0 Å². The van der Waals surface area contributed by atoms with Crippen molar-refractivity contribution < 1.29 is 0 Å². The zero-order valence-electron chi connectivity index (χ0n) is 43.6. The Balaban J connectivity index is 1.19. The van der Waals surface area contributed by atoms with Gasteiger partial charge in [-0.25, -0.2) is 0 Å². The smallest absolute Gasteiger partial charge is 0.264 e. The van der Waals surface area contributed by atoms with E-state index in [-0.39, 0.29) is 28.4 Å². The number of rotatable bonds is 2. The van der Waals surface area contributed by atoms with E-state index in [4.69, 9.17) is 0 Å². The number of aromatic nitrogens is 1. The van der Waals surface area contributed by atoms with Crippen LogP contribution in [-0.4, -0.2) is 11.3 Å². The van der Waals surface area contributed by atoms with E-state index in [0.717, 1.165) is 0 Å². The van der Waals surface area contributed by atoms with E-state index in [1.165, 1.54) is 141 Å². The second kappa shape index (κ2) is 14.5. The molecule has 0 radical (unpaired) electrons. The third-order valence-corrected chi connectivity index (χ3v) is 18.6. The maximum absolute atomic E-state index is 2.74. The van der Waals surface area contributed by atoms with Crippen molar-refractivity contribution in [2.75, 3.05) is 9.80 Å². The van der Waals surface area contributed by atoms with Gasteiger partial charge < -0.3 is 14.4 Å². The summed E-state index contributed by atoms with van der Waals surface area (Å²) >= 11 is 3.91. The molecule has 0 amide bonds. The van der Waals surface area contributed by atoms with E-state index < -0.39 is 0 Å². The Morgan fingerprint density at radius 3 is 1.71 bits per heavy atom. The lowest BCUT2D eigenvalue weighted by Gasteiger charge is -2.47. The maximum Gasteiger partial charge on any atom is 0.264 e. The molecule has 8 aromatic carbocycles. The summed E-state index contributed by atoms with van der Waals surface area (Å²) in [5.41, 5.74) is 21.8. The molecular formula is C66H60BN3S2. The van der Waals surface area contributed by atoms with Crippen LogP contribution < -0.4 is 25.5 Å². The third-order valence-electron chi connectivity index (χ3n) is 16.3. The van der Waals surface area contributed by atoms with Gasteiger partial charge in [-0.3, -0.25) is 0 Å². The molecule has 6 heterocycles. The highest BCUT2D eigenvalue weighted by molar-refractivity contribution is 7.33. The van der Waals surface area contributed by atoms with Gasteiger partial charge in [-0.15, -0.1) is 22.7 Å². The van der Waals surface area contributed by atoms with E-state index in [0.29, 0.717) is 0 Å². The largest absolute Gasteiger partial charge is 0.309 e. The Morgan fingerprint density at radius 1 is 0.389 bits per heavy atom. The summed E-state index contributed by atoms with van der Waals surface area (Å²) in [7, 11) is 0. The summed E-state index contributed by atoms with van der Waals surface area (Å²) < 4.78 is 8.02. The molecule has 0 unspecified atom stereocenters. The molecule has 0 saturated carbocycles. The lowest BCUT2D eigenvalue weighted by Crippen LogP contribution is -2.61. The highest BCUT2D eigenvalue weighted by Gasteiger charge is 2.49. The molecule has 14 rings (SSSR count). The second-order valence-corrected chi connectivity index (χ2v) is 27.2. The molecule has 0 aliphatic carbocycles. The summed E-state index contributed by atoms with van der Waals surface area (Å²) in [6.45, 7) is 28.5. The highest BCUT2D eigenvalue weighted by Crippen LogP contribution is 2.57. The number of hydrogen-bond acceptors (Lipinski definition) is 4. The summed E-state index contributed by atoms with van der Waals surface area (Å²) in [6.07, 6.45) is 0. The molecule has 0 atom stereocenters. The fraction of sp³-hybridized carbons (Fsp3) is 0.242. The molecule has 0 N–H and O–H groups in total. The lowest BCUT2D eigenvalue weighted by molar-refractivity contribution is 0.589. The molecule has 3 nitrogen and oxygen atoms in total. The molecule has 3 aliphatic heterocycles. The van der Waals surface area contributed by atoms with Crippen LogP contribution in [0.25, 0.3) is 68.9 Å². The first-order chi connectivity index (χ1) is 34.2. The number of nitrogens with zero attached hydrogens (tertiary/aromatic N) is 3. The van der Waals surface area contributed by atoms with Gasteiger partial charge in [0.2, 0.25) is 0 Å². The molecule has 0 bridgehead atoms. The van der Waals surface area contributed by atoms with Gasteiger partial charge in [0, 0.05) is 57.2 Å². The first-order valence-corrected chi connectivity index (χ1v) is 27.5. The van der Waals surface area contributed by atoms with Crippen molar-refractivity contribution in [2.45, 2.75) is 105 Å². The monoisotopic (exact) mass is 969 g/mol. The van der Waals surface area contributed by atoms with Crippen LogP contribution in [0.4, 0.5) is 34.1 Å². The molecule has 354 valence electrons. The molecule has 3 aromatic heterocycles. The minimum atomic E-state index is -0.152. The topological polar surface area (TPSA) is 11.4 Å². The average Bonchev–Trinajstić information content (AvgIpc) is 4.02. The Bertz CT molecular complexity index is 4160. The summed E-state index contributed by atoms with van der Waals surface area (Å²) in [6, 6.07) is 57.0. The van der Waals surface area contributed by atoms with Gasteiger partial charge in [0.25, 0.3) is 6.71 Å². The quantitative estimate of drug-likeness (QED) is 0.160. The summed E-state index contributed by atoms with van der Waals surface area (Å²) in [5, 5.41) is 6.59. The number of fused-ring (bicyclic) bond motifs is 14. The van der Waals surface area contributed by atoms with Gasteiger partial charge in [0.1, 0.15) is 0 Å². The van der Waals surface area contributed by atoms with Gasteiger partial charge >= 0.3 is 0 Å². The first kappa shape index (κ1) is 44.1. The maximum atomic E-state index is 2.74. The average molecular weight is 970 g/mol. The zero-order valence-corrected chi connectivity index (χ0v) is 45.2. The first-order valence-electron chi connectivity index (χ1n) is 25.9. The van der Waals surface area contributed by atoms with Gasteiger partial charge in [-0.2, -0.15) is 0 Å². The van der Waals surface area contributed by atoms with E-state index in [2.05, 4.69) is 243 Å². The minimum Gasteiger partial charge on any atom is -0.309 e. The van der Waals surface area contributed by atoms with Crippen LogP contribution in [0.5, 0.6) is 0 Å². The Kier molecular flexibility index (Phi) is 8.92. The van der Waals surface area contributed by atoms with Crippen molar-refractivity contribution in [1.29, 1.82) is 0 Å². The summed E-state index contributed by atoms with van der Waals surface area (Å²) in [5.74, 6) is 0. The van der Waals surface area contributed by atoms with Crippen LogP contribution in [0.2, 0.25) is 0 Å². The van der Waals surface area contributed by atoms with Gasteiger partial charge in [0.05, 0.1) is 39.5 Å². The van der Waals surface area contributed by atoms with Crippen molar-refractivity contribution in [1.82, 2.24) is 4.57 Å². The van der Waals surface area contributed by atoms with Crippen molar-refractivity contribution in [3.8, 4) is 16.8 Å². The fourth-order valence-electron chi connectivity index (χ4n) is 12.3. The standard InChI is InChI=1S/C66H60BN3S2/c1-63(2,3)39-26-27-48-44(30-39)45-31-40(64(4,5)6)35-52-59(45)68(48)53-36-41(65(7,8)9)32-47-61(53)70(52)51-34-42(66(10,11)12)33-50-58(51)67(47)62-60(46-29-38(25-28-55(46)72-62)37-19-14-13-15-20-37)69(50)49-22-18-24-56-57(49)43-21-16-17-23-54(43)71-56/h13-36H,1-12H3. The molecule has 3 aliphatic rings. The molecule has 6 heteroatoms. The number of benzene rings is 8. The van der Waals surface area contributed by atoms with Gasteiger partial charge in [-0.05, 0) is 139 Å². The van der Waals surface area contributed by atoms with Crippen LogP contribution in [0.1, 0.15) is 105 Å². The molecule has 72 heavy (non-hydrogen) atoms. The number of anilines is 6. The summed E-state index contributed by atoms with van der Waals surface area (Å²) in [4.78, 5) is 5.47. The Morgan fingerprint density at radius 2 is 0.986 bits per heavy atom. The predicted molar refractivity (Wildman–Crippen MR) is 317 cm³/mol. The van der Waals surface area contributed by atoms with Gasteiger partial charge in [0.15, 0.2) is 0 Å². The Hall–Kier alpha value is -6.60. The van der Waals surface area contributed by atoms with Crippen LogP contribution >= 0.6 is 22.7 Å². The third kappa shape index (κ3) is 6.15. The van der Waals surface area contributed by atoms with Crippen molar-refractivity contribution in [3.63, 3.8) is 0 Å². The van der Waals surface area contributed by atoms with Crippen molar-refractivity contribution >= 4 is 131 Å². The molecule has 0 fully saturated rings. The Labute approximate surface area is 432 Å². The van der Waals surface area contributed by atoms with Crippen LogP contribution in [-0.2, 0) is 21.7 Å². The lowest BCUT2D eigenvalue weighted by atomic mass is 9.35. The molecule has 0 saturated heterocycles. The van der Waals surface area contributed by atoms with E-state index >= 15 is 0 Å². The fourth-order valence-corrected chi connectivity index (χ4v) is 14.8. The number of thiophene rings is 2. The van der Waals surface area contributed by atoms with Crippen molar-refractivity contribution in [3.05, 3.63) is 168 Å².